The summed E-state index contributed by atoms with van der Waals surface area (Å²) in [6, 6.07) is 0. The molecule has 92 valence electrons. The molecule has 2 N–H and O–H groups in total. The molecule has 0 aromatic carbocycles. The lowest BCUT2D eigenvalue weighted by atomic mass is 9.94. The van der Waals surface area contributed by atoms with E-state index in [2.05, 4.69) is 0 Å². The molecule has 2 aliphatic carbocycles. The third kappa shape index (κ3) is 3.23. The predicted octanol–water partition coefficient (Wildman–Crippen LogP) is 2.65. The van der Waals surface area contributed by atoms with E-state index >= 15 is 0 Å². The molecule has 3 unspecified atom stereocenters. The first-order valence-electron chi connectivity index (χ1n) is 5.51. The maximum atomic E-state index is 9.57. The van der Waals surface area contributed by atoms with Gasteiger partial charge in [-0.1, -0.05) is 35.9 Å². The standard InChI is InChI=1S/C13H14Cl2O2/c14-11-6-9(7-12(15)13(11)17)5-8-1-3-10(16)4-2-8/h1-3,6-7,10-11,13,16-17H,4-5H2. The third-order valence-corrected chi connectivity index (χ3v) is 3.54. The average molecular weight is 273 g/mol. The minimum absolute atomic E-state index is 0.374. The van der Waals surface area contributed by atoms with Gasteiger partial charge in [-0.25, -0.2) is 0 Å². The summed E-state index contributed by atoms with van der Waals surface area (Å²) in [4.78, 5) is 0. The lowest BCUT2D eigenvalue weighted by molar-refractivity contribution is 0.223. The number of aliphatic hydroxyl groups is 2. The number of rotatable bonds is 2. The van der Waals surface area contributed by atoms with Gasteiger partial charge in [-0.2, -0.15) is 0 Å². The molecule has 0 saturated heterocycles. The predicted molar refractivity (Wildman–Crippen MR) is 70.1 cm³/mol. The van der Waals surface area contributed by atoms with Gasteiger partial charge in [0.2, 0.25) is 0 Å². The smallest absolute Gasteiger partial charge is 0.109 e. The SMILES string of the molecule is OC1C=CC(CC2=CC(Cl)C(O)C(Cl)=C2)=CC1. The zero-order valence-electron chi connectivity index (χ0n) is 9.18. The van der Waals surface area contributed by atoms with Gasteiger partial charge in [0.25, 0.3) is 0 Å². The van der Waals surface area contributed by atoms with E-state index in [4.69, 9.17) is 23.2 Å². The topological polar surface area (TPSA) is 40.5 Å². The highest BCUT2D eigenvalue weighted by Gasteiger charge is 2.22. The summed E-state index contributed by atoms with van der Waals surface area (Å²) in [5.41, 5.74) is 2.12. The molecule has 0 saturated carbocycles. The molecule has 0 spiro atoms. The maximum absolute atomic E-state index is 9.57. The van der Waals surface area contributed by atoms with Gasteiger partial charge in [0.15, 0.2) is 0 Å². The molecule has 0 aromatic rings. The minimum Gasteiger partial charge on any atom is -0.389 e. The number of hydrogen-bond acceptors (Lipinski definition) is 2. The monoisotopic (exact) mass is 272 g/mol. The van der Waals surface area contributed by atoms with Crippen molar-refractivity contribution in [3.05, 3.63) is 46.6 Å². The van der Waals surface area contributed by atoms with E-state index < -0.39 is 11.5 Å². The molecule has 2 aliphatic rings. The van der Waals surface area contributed by atoms with Crippen LogP contribution in [0.4, 0.5) is 0 Å². The second kappa shape index (κ2) is 5.40. The fourth-order valence-corrected chi connectivity index (χ4v) is 2.53. The first kappa shape index (κ1) is 12.9. The van der Waals surface area contributed by atoms with Gasteiger partial charge in [0, 0.05) is 5.03 Å². The van der Waals surface area contributed by atoms with Gasteiger partial charge in [-0.05, 0) is 30.1 Å². The van der Waals surface area contributed by atoms with E-state index in [0.29, 0.717) is 11.5 Å². The second-order valence-corrected chi connectivity index (χ2v) is 5.22. The van der Waals surface area contributed by atoms with E-state index in [1.54, 1.807) is 12.2 Å². The Kier molecular flexibility index (Phi) is 4.10. The number of alkyl halides is 1. The Bertz CT molecular complexity index is 421. The number of hydrogen-bond donors (Lipinski definition) is 2. The highest BCUT2D eigenvalue weighted by molar-refractivity contribution is 6.32. The molecule has 0 amide bonds. The lowest BCUT2D eigenvalue weighted by Gasteiger charge is -2.20. The lowest BCUT2D eigenvalue weighted by Crippen LogP contribution is -2.22. The summed E-state index contributed by atoms with van der Waals surface area (Å²) in [5, 5.41) is 18.8. The van der Waals surface area contributed by atoms with Gasteiger partial charge in [-0.15, -0.1) is 11.6 Å². The van der Waals surface area contributed by atoms with Crippen LogP contribution in [0.3, 0.4) is 0 Å². The summed E-state index contributed by atoms with van der Waals surface area (Å²) in [6.45, 7) is 0. The molecule has 0 aromatic heterocycles. The third-order valence-electron chi connectivity index (χ3n) is 2.84. The van der Waals surface area contributed by atoms with Gasteiger partial charge in [0.05, 0.1) is 11.5 Å². The van der Waals surface area contributed by atoms with Crippen molar-refractivity contribution in [1.29, 1.82) is 0 Å². The molecule has 2 rings (SSSR count). The fourth-order valence-electron chi connectivity index (χ4n) is 1.89. The van der Waals surface area contributed by atoms with Crippen LogP contribution >= 0.6 is 23.2 Å². The fraction of sp³-hybridized carbons (Fsp3) is 0.385. The normalized spacial score (nSPS) is 32.9. The van der Waals surface area contributed by atoms with Crippen molar-refractivity contribution < 1.29 is 10.2 Å². The van der Waals surface area contributed by atoms with Crippen molar-refractivity contribution in [3.8, 4) is 0 Å². The van der Waals surface area contributed by atoms with Crippen LogP contribution in [0.2, 0.25) is 0 Å². The van der Waals surface area contributed by atoms with Gasteiger partial charge in [-0.3, -0.25) is 0 Å². The summed E-state index contributed by atoms with van der Waals surface area (Å²) >= 11 is 11.9. The molecule has 0 fully saturated rings. The van der Waals surface area contributed by atoms with Crippen molar-refractivity contribution in [2.75, 3.05) is 0 Å². The van der Waals surface area contributed by atoms with Crippen LogP contribution in [-0.4, -0.2) is 27.8 Å². The number of allylic oxidation sites excluding steroid dienone is 4. The van der Waals surface area contributed by atoms with Crippen LogP contribution < -0.4 is 0 Å². The van der Waals surface area contributed by atoms with Crippen LogP contribution in [0, 0.1) is 0 Å². The van der Waals surface area contributed by atoms with Crippen LogP contribution in [0.15, 0.2) is 46.6 Å². The molecule has 0 aliphatic heterocycles. The molecule has 3 atom stereocenters. The minimum atomic E-state index is -0.806. The van der Waals surface area contributed by atoms with E-state index in [9.17, 15) is 10.2 Å². The number of aliphatic hydroxyl groups excluding tert-OH is 2. The molecule has 0 heterocycles. The van der Waals surface area contributed by atoms with Crippen molar-refractivity contribution in [2.45, 2.75) is 30.4 Å². The van der Waals surface area contributed by atoms with E-state index in [-0.39, 0.29) is 6.10 Å². The van der Waals surface area contributed by atoms with Crippen molar-refractivity contribution in [3.63, 3.8) is 0 Å². The summed E-state index contributed by atoms with van der Waals surface area (Å²) in [7, 11) is 0. The highest BCUT2D eigenvalue weighted by atomic mass is 35.5. The second-order valence-electron chi connectivity index (χ2n) is 4.28. The Morgan fingerprint density at radius 1 is 1.29 bits per heavy atom. The average Bonchev–Trinajstić information content (AvgIpc) is 2.29. The Morgan fingerprint density at radius 2 is 2.06 bits per heavy atom. The molecular formula is C13H14Cl2O2. The zero-order valence-corrected chi connectivity index (χ0v) is 10.7. The molecular weight excluding hydrogens is 259 g/mol. The molecule has 0 radical (unpaired) electrons. The van der Waals surface area contributed by atoms with Gasteiger partial charge < -0.3 is 10.2 Å². The van der Waals surface area contributed by atoms with E-state index in [0.717, 1.165) is 17.6 Å². The Balaban J connectivity index is 2.06. The quantitative estimate of drug-likeness (QED) is 0.759. The Hall–Kier alpha value is -0.540. The molecule has 2 nitrogen and oxygen atoms in total. The Labute approximate surface area is 111 Å². The first-order chi connectivity index (χ1) is 8.06. The molecule has 0 bridgehead atoms. The van der Waals surface area contributed by atoms with Crippen molar-refractivity contribution >= 4 is 23.2 Å². The van der Waals surface area contributed by atoms with Crippen LogP contribution in [0.5, 0.6) is 0 Å². The summed E-state index contributed by atoms with van der Waals surface area (Å²) < 4.78 is 0. The maximum Gasteiger partial charge on any atom is 0.109 e. The summed E-state index contributed by atoms with van der Waals surface area (Å²) in [5.74, 6) is 0. The largest absolute Gasteiger partial charge is 0.389 e. The van der Waals surface area contributed by atoms with E-state index in [1.807, 2.05) is 18.2 Å². The highest BCUT2D eigenvalue weighted by Crippen LogP contribution is 2.29. The van der Waals surface area contributed by atoms with Crippen molar-refractivity contribution in [2.24, 2.45) is 0 Å². The van der Waals surface area contributed by atoms with Crippen LogP contribution in [0.1, 0.15) is 12.8 Å². The van der Waals surface area contributed by atoms with Crippen LogP contribution in [-0.2, 0) is 0 Å². The van der Waals surface area contributed by atoms with Crippen LogP contribution in [0.25, 0.3) is 0 Å². The Morgan fingerprint density at radius 3 is 2.65 bits per heavy atom. The molecule has 17 heavy (non-hydrogen) atoms. The first-order valence-corrected chi connectivity index (χ1v) is 6.33. The number of halogens is 2. The van der Waals surface area contributed by atoms with Crippen molar-refractivity contribution in [1.82, 2.24) is 0 Å². The summed E-state index contributed by atoms with van der Waals surface area (Å²) in [6.07, 6.45) is 9.44. The zero-order chi connectivity index (χ0) is 12.4. The molecule has 4 heteroatoms. The van der Waals surface area contributed by atoms with Gasteiger partial charge in [0.1, 0.15) is 6.10 Å². The van der Waals surface area contributed by atoms with Gasteiger partial charge >= 0.3 is 0 Å². The van der Waals surface area contributed by atoms with E-state index in [1.165, 1.54) is 0 Å².